The third-order valence-electron chi connectivity index (χ3n) is 1.69. The highest BCUT2D eigenvalue weighted by molar-refractivity contribution is 4.76. The third-order valence-corrected chi connectivity index (χ3v) is 1.69. The lowest BCUT2D eigenvalue weighted by molar-refractivity contribution is 0.0956. The maximum atomic E-state index is 9.06. The first-order chi connectivity index (χ1) is 4.33. The maximum Gasteiger partial charge on any atom is 0.0585 e. The second-order valence-electron chi connectivity index (χ2n) is 2.51. The van der Waals surface area contributed by atoms with Crippen molar-refractivity contribution in [1.29, 1.82) is 0 Å². The summed E-state index contributed by atoms with van der Waals surface area (Å²) in [7, 11) is 0. The van der Waals surface area contributed by atoms with Crippen molar-refractivity contribution in [3.63, 3.8) is 0 Å². The molecule has 2 atom stereocenters. The monoisotopic (exact) mass is 131 g/mol. The second kappa shape index (κ2) is 3.15. The molecule has 1 rings (SSSR count). The smallest absolute Gasteiger partial charge is 0.0585 e. The summed E-state index contributed by atoms with van der Waals surface area (Å²) in [5, 5.41) is 20.8. The van der Waals surface area contributed by atoms with E-state index in [-0.39, 0.29) is 18.8 Å². The van der Waals surface area contributed by atoms with Crippen molar-refractivity contribution in [1.82, 2.24) is 5.32 Å². The first-order valence-electron chi connectivity index (χ1n) is 3.35. The first-order valence-corrected chi connectivity index (χ1v) is 3.35. The van der Waals surface area contributed by atoms with E-state index in [1.54, 1.807) is 0 Å². The van der Waals surface area contributed by atoms with E-state index in [0.29, 0.717) is 6.42 Å². The Balaban J connectivity index is 2.23. The Morgan fingerprint density at radius 1 is 1.56 bits per heavy atom. The van der Waals surface area contributed by atoms with Crippen LogP contribution >= 0.6 is 0 Å². The fourth-order valence-electron chi connectivity index (χ4n) is 1.12. The quantitative estimate of drug-likeness (QED) is 0.432. The predicted molar refractivity (Wildman–Crippen MR) is 34.1 cm³/mol. The molecule has 0 aliphatic carbocycles. The maximum absolute atomic E-state index is 9.06. The lowest BCUT2D eigenvalue weighted by Gasteiger charge is -2.25. The average Bonchev–Trinajstić information content (AvgIpc) is 1.88. The zero-order valence-corrected chi connectivity index (χ0v) is 5.38. The number of piperidine rings is 1. The molecule has 0 spiro atoms. The number of nitrogens with one attached hydrogen (secondary N) is 1. The van der Waals surface area contributed by atoms with Crippen molar-refractivity contribution < 1.29 is 10.2 Å². The summed E-state index contributed by atoms with van der Waals surface area (Å²) < 4.78 is 0. The Morgan fingerprint density at radius 2 is 2.33 bits per heavy atom. The van der Waals surface area contributed by atoms with Crippen LogP contribution in [0.3, 0.4) is 0 Å². The number of hydrogen-bond donors (Lipinski definition) is 3. The molecule has 0 bridgehead atoms. The molecule has 3 N–H and O–H groups in total. The van der Waals surface area contributed by atoms with Gasteiger partial charge in [0.15, 0.2) is 0 Å². The summed E-state index contributed by atoms with van der Waals surface area (Å²) in [5.74, 6) is 0. The van der Waals surface area contributed by atoms with Gasteiger partial charge in [-0.25, -0.2) is 0 Å². The van der Waals surface area contributed by atoms with E-state index in [2.05, 4.69) is 5.32 Å². The van der Waals surface area contributed by atoms with Gasteiger partial charge in [0.2, 0.25) is 0 Å². The van der Waals surface area contributed by atoms with Gasteiger partial charge in [0.25, 0.3) is 0 Å². The minimum atomic E-state index is -0.205. The Labute approximate surface area is 54.7 Å². The highest BCUT2D eigenvalue weighted by Gasteiger charge is 2.17. The van der Waals surface area contributed by atoms with E-state index in [0.717, 1.165) is 13.0 Å². The van der Waals surface area contributed by atoms with E-state index in [4.69, 9.17) is 10.2 Å². The van der Waals surface area contributed by atoms with Gasteiger partial charge in [0.05, 0.1) is 12.7 Å². The van der Waals surface area contributed by atoms with Crippen molar-refractivity contribution >= 4 is 0 Å². The zero-order valence-electron chi connectivity index (χ0n) is 5.38. The van der Waals surface area contributed by atoms with Gasteiger partial charge in [0.1, 0.15) is 0 Å². The Hall–Kier alpha value is -0.120. The van der Waals surface area contributed by atoms with E-state index >= 15 is 0 Å². The number of aliphatic hydroxyl groups excluding tert-OH is 2. The van der Waals surface area contributed by atoms with Gasteiger partial charge in [-0.05, 0) is 19.4 Å². The molecule has 1 fully saturated rings. The Morgan fingerprint density at radius 3 is 2.78 bits per heavy atom. The summed E-state index contributed by atoms with van der Waals surface area (Å²) in [6.45, 7) is 0.962. The van der Waals surface area contributed by atoms with E-state index in [1.807, 2.05) is 0 Å². The molecular weight excluding hydrogens is 118 g/mol. The fraction of sp³-hybridized carbons (Fsp3) is 1.00. The van der Waals surface area contributed by atoms with Crippen LogP contribution in [-0.4, -0.2) is 35.5 Å². The highest BCUT2D eigenvalue weighted by Crippen LogP contribution is 2.06. The van der Waals surface area contributed by atoms with Gasteiger partial charge < -0.3 is 15.5 Å². The molecule has 1 aliphatic rings. The van der Waals surface area contributed by atoms with Crippen molar-refractivity contribution in [2.75, 3.05) is 13.2 Å². The summed E-state index contributed by atoms with van der Waals surface area (Å²) in [5.41, 5.74) is 0. The van der Waals surface area contributed by atoms with Crippen LogP contribution in [0.15, 0.2) is 0 Å². The Bertz CT molecular complexity index is 87.1. The first kappa shape index (κ1) is 6.99. The Kier molecular flexibility index (Phi) is 2.45. The van der Waals surface area contributed by atoms with Gasteiger partial charge in [-0.3, -0.25) is 0 Å². The normalized spacial score (nSPS) is 36.7. The molecule has 9 heavy (non-hydrogen) atoms. The van der Waals surface area contributed by atoms with Gasteiger partial charge in [-0.1, -0.05) is 0 Å². The number of rotatable bonds is 1. The van der Waals surface area contributed by atoms with Gasteiger partial charge in [-0.2, -0.15) is 0 Å². The molecule has 0 aromatic heterocycles. The highest BCUT2D eigenvalue weighted by atomic mass is 16.3. The molecule has 0 aromatic rings. The van der Waals surface area contributed by atoms with Crippen LogP contribution in [0.4, 0.5) is 0 Å². The van der Waals surface area contributed by atoms with Crippen LogP contribution in [0.25, 0.3) is 0 Å². The third kappa shape index (κ3) is 1.93. The molecule has 0 aromatic carbocycles. The SMILES string of the molecule is OCC1C[C@H](O)CCN1. The van der Waals surface area contributed by atoms with Gasteiger partial charge in [-0.15, -0.1) is 0 Å². The predicted octanol–water partition coefficient (Wildman–Crippen LogP) is -0.908. The van der Waals surface area contributed by atoms with E-state index in [1.165, 1.54) is 0 Å². The molecule has 1 saturated heterocycles. The molecule has 3 heteroatoms. The molecule has 1 aliphatic heterocycles. The van der Waals surface area contributed by atoms with E-state index in [9.17, 15) is 0 Å². The minimum absolute atomic E-state index is 0.119. The zero-order chi connectivity index (χ0) is 6.69. The van der Waals surface area contributed by atoms with E-state index < -0.39 is 0 Å². The standard InChI is InChI=1S/C6H13NO2/c8-4-5-3-6(9)1-2-7-5/h5-9H,1-4H2/t5?,6-/m1/s1. The molecule has 0 saturated carbocycles. The van der Waals surface area contributed by atoms with Crippen molar-refractivity contribution in [2.45, 2.75) is 25.0 Å². The molecule has 1 heterocycles. The fourth-order valence-corrected chi connectivity index (χ4v) is 1.12. The van der Waals surface area contributed by atoms with Crippen LogP contribution in [0.1, 0.15) is 12.8 Å². The van der Waals surface area contributed by atoms with Crippen LogP contribution in [0.5, 0.6) is 0 Å². The molecular formula is C6H13NO2. The largest absolute Gasteiger partial charge is 0.395 e. The molecule has 0 radical (unpaired) electrons. The van der Waals surface area contributed by atoms with Crippen molar-refractivity contribution in [3.8, 4) is 0 Å². The van der Waals surface area contributed by atoms with Crippen molar-refractivity contribution in [2.24, 2.45) is 0 Å². The average molecular weight is 131 g/mol. The van der Waals surface area contributed by atoms with Gasteiger partial charge in [0, 0.05) is 6.04 Å². The van der Waals surface area contributed by atoms with Crippen molar-refractivity contribution in [3.05, 3.63) is 0 Å². The van der Waals surface area contributed by atoms with Crippen LogP contribution in [0.2, 0.25) is 0 Å². The van der Waals surface area contributed by atoms with Crippen LogP contribution in [0, 0.1) is 0 Å². The van der Waals surface area contributed by atoms with Gasteiger partial charge >= 0.3 is 0 Å². The topological polar surface area (TPSA) is 52.5 Å². The summed E-state index contributed by atoms with van der Waals surface area (Å²) in [6.07, 6.45) is 1.30. The summed E-state index contributed by atoms with van der Waals surface area (Å²) in [4.78, 5) is 0. The minimum Gasteiger partial charge on any atom is -0.395 e. The lowest BCUT2D eigenvalue weighted by atomic mass is 10.0. The number of hydrogen-bond acceptors (Lipinski definition) is 3. The number of aliphatic hydroxyl groups is 2. The summed E-state index contributed by atoms with van der Waals surface area (Å²) >= 11 is 0. The second-order valence-corrected chi connectivity index (χ2v) is 2.51. The molecule has 0 amide bonds. The summed E-state index contributed by atoms with van der Waals surface area (Å²) in [6, 6.07) is 0.119. The van der Waals surface area contributed by atoms with Crippen LogP contribution in [-0.2, 0) is 0 Å². The molecule has 3 nitrogen and oxygen atoms in total. The van der Waals surface area contributed by atoms with Crippen LogP contribution < -0.4 is 5.32 Å². The lowest BCUT2D eigenvalue weighted by Crippen LogP contribution is -2.42. The molecule has 1 unspecified atom stereocenters. The molecule has 54 valence electrons.